The Balaban J connectivity index is 1.30. The molecule has 11 nitrogen and oxygen atoms in total. The first kappa shape index (κ1) is 28.8. The third-order valence-corrected chi connectivity index (χ3v) is 8.69. The number of hydrogen-bond donors (Lipinski definition) is 2. The van der Waals surface area contributed by atoms with E-state index in [0.717, 1.165) is 30.7 Å². The largest absolute Gasteiger partial charge is 0.464 e. The van der Waals surface area contributed by atoms with E-state index in [2.05, 4.69) is 30.2 Å². The molecule has 43 heavy (non-hydrogen) atoms. The third kappa shape index (κ3) is 5.58. The first-order valence-corrected chi connectivity index (χ1v) is 14.6. The number of benzene rings is 1. The molecule has 0 aliphatic carbocycles. The van der Waals surface area contributed by atoms with Crippen LogP contribution in [-0.4, -0.2) is 53.7 Å². The number of nitrogens with two attached hydrogens (primary N) is 1. The number of aliphatic imine (C=N–C) groups is 1. The second kappa shape index (κ2) is 11.1. The second-order valence-electron chi connectivity index (χ2n) is 11.0. The van der Waals surface area contributed by atoms with Crippen molar-refractivity contribution < 1.29 is 22.7 Å². The zero-order valence-electron chi connectivity index (χ0n) is 23.8. The van der Waals surface area contributed by atoms with Crippen molar-refractivity contribution in [2.24, 2.45) is 10.7 Å². The van der Waals surface area contributed by atoms with Gasteiger partial charge >= 0.3 is 0 Å². The van der Waals surface area contributed by atoms with Crippen molar-refractivity contribution in [2.75, 3.05) is 18.4 Å². The number of likely N-dealkylation sites (tertiary alicyclic amines) is 1. The van der Waals surface area contributed by atoms with Gasteiger partial charge in [0.05, 0.1) is 23.4 Å². The van der Waals surface area contributed by atoms with E-state index in [4.69, 9.17) is 14.9 Å². The number of thioether (sulfide) groups is 1. The number of amidine groups is 1. The van der Waals surface area contributed by atoms with E-state index in [0.29, 0.717) is 30.0 Å². The summed E-state index contributed by atoms with van der Waals surface area (Å²) in [5.41, 5.74) is 5.94. The molecule has 3 aromatic heterocycles. The van der Waals surface area contributed by atoms with Gasteiger partial charge in [-0.15, -0.1) is 0 Å². The van der Waals surface area contributed by atoms with E-state index < -0.39 is 28.0 Å². The predicted octanol–water partition coefficient (Wildman–Crippen LogP) is 5.22. The maximum atomic E-state index is 15.5. The first-order chi connectivity index (χ1) is 20.5. The van der Waals surface area contributed by atoms with Crippen LogP contribution in [-0.2, 0) is 10.3 Å². The average molecular weight is 609 g/mol. The molecule has 14 heteroatoms. The van der Waals surface area contributed by atoms with Crippen molar-refractivity contribution in [3.63, 3.8) is 0 Å². The molecule has 3 atom stereocenters. The maximum absolute atomic E-state index is 15.5. The summed E-state index contributed by atoms with van der Waals surface area (Å²) >= 11 is 1.16. The number of hydrogen-bond acceptors (Lipinski definition) is 11. The Morgan fingerprint density at radius 3 is 2.72 bits per heavy atom. The normalized spacial score (nSPS) is 22.8. The molecule has 2 aliphatic rings. The molecule has 4 aromatic rings. The minimum Gasteiger partial charge on any atom is -0.464 e. The zero-order chi connectivity index (χ0) is 30.4. The Morgan fingerprint density at radius 2 is 1.98 bits per heavy atom. The number of pyridine rings is 1. The monoisotopic (exact) mass is 608 g/mol. The van der Waals surface area contributed by atoms with Gasteiger partial charge in [0.1, 0.15) is 16.5 Å². The van der Waals surface area contributed by atoms with Gasteiger partial charge in [-0.1, -0.05) is 11.8 Å². The van der Waals surface area contributed by atoms with Crippen LogP contribution in [0.25, 0.3) is 11.0 Å². The van der Waals surface area contributed by atoms with Gasteiger partial charge in [0.2, 0.25) is 17.7 Å². The number of halogens is 2. The van der Waals surface area contributed by atoms with Gasteiger partial charge in [0.25, 0.3) is 0 Å². The van der Waals surface area contributed by atoms with Gasteiger partial charge in [0, 0.05) is 43.0 Å². The zero-order valence-corrected chi connectivity index (χ0v) is 24.6. The van der Waals surface area contributed by atoms with Crippen LogP contribution in [0.2, 0.25) is 0 Å². The number of carbonyl (C=O) groups excluding carboxylic acids is 1. The van der Waals surface area contributed by atoms with Gasteiger partial charge in [-0.25, -0.2) is 28.7 Å². The molecule has 0 unspecified atom stereocenters. The van der Waals surface area contributed by atoms with Crippen molar-refractivity contribution in [1.29, 1.82) is 0 Å². The van der Waals surface area contributed by atoms with Crippen LogP contribution in [0.4, 0.5) is 20.3 Å². The lowest BCUT2D eigenvalue weighted by molar-refractivity contribution is -0.132. The van der Waals surface area contributed by atoms with Gasteiger partial charge < -0.3 is 25.1 Å². The summed E-state index contributed by atoms with van der Waals surface area (Å²) in [6, 6.07) is 4.16. The highest BCUT2D eigenvalue weighted by molar-refractivity contribution is 8.15. The second-order valence-corrected chi connectivity index (χ2v) is 12.6. The molecular weight excluding hydrogens is 578 g/mol. The molecule has 0 radical (unpaired) electrons. The van der Waals surface area contributed by atoms with Crippen LogP contribution >= 0.6 is 11.8 Å². The predicted molar refractivity (Wildman–Crippen MR) is 158 cm³/mol. The van der Waals surface area contributed by atoms with Gasteiger partial charge in [-0.05, 0) is 45.7 Å². The molecule has 1 aromatic carbocycles. The highest BCUT2D eigenvalue weighted by atomic mass is 32.2. The topological polar surface area (TPSA) is 145 Å². The average Bonchev–Trinajstić information content (AvgIpc) is 3.69. The number of fused-ring (bicyclic) bond motifs is 1. The van der Waals surface area contributed by atoms with Crippen LogP contribution in [0.15, 0.2) is 52.5 Å². The lowest BCUT2D eigenvalue weighted by atomic mass is 9.82. The molecular formula is C29H30F2N8O3S. The van der Waals surface area contributed by atoms with E-state index in [9.17, 15) is 4.79 Å². The number of carbonyl (C=O) groups is 1. The Hall–Kier alpha value is -4.33. The van der Waals surface area contributed by atoms with E-state index in [1.165, 1.54) is 30.9 Å². The van der Waals surface area contributed by atoms with Crippen LogP contribution in [0.5, 0.6) is 5.88 Å². The molecule has 1 saturated heterocycles. The van der Waals surface area contributed by atoms with Crippen molar-refractivity contribution in [1.82, 2.24) is 24.8 Å². The standard InChI is InChI=1S/C29H30F2N8O3S/c1-16(25-34-8-11-41-25)42-21-14-35-23-20(37-21)6-7-33-24(23)36-17-12-18(22(31)19(30)13-17)28(2)15-29(3,43-27(32)38-28)26(40)39-9-4-5-10-39/h6-8,11-14,16H,4-5,9-10,15H2,1-3H3,(H2,32,38)(H,33,36)/t16-,28-,29+/m0/s1. The molecule has 1 fully saturated rings. The van der Waals surface area contributed by atoms with Gasteiger partial charge in [-0.2, -0.15) is 0 Å². The molecule has 224 valence electrons. The van der Waals surface area contributed by atoms with Crippen LogP contribution in [0, 0.1) is 11.6 Å². The lowest BCUT2D eigenvalue weighted by Gasteiger charge is -2.41. The first-order valence-electron chi connectivity index (χ1n) is 13.8. The summed E-state index contributed by atoms with van der Waals surface area (Å²) in [5.74, 6) is -1.30. The summed E-state index contributed by atoms with van der Waals surface area (Å²) in [5, 5.41) is 3.19. The van der Waals surface area contributed by atoms with E-state index in [1.54, 1.807) is 31.7 Å². The number of nitrogens with zero attached hydrogens (tertiary/aromatic N) is 6. The minimum atomic E-state index is -1.31. The van der Waals surface area contributed by atoms with E-state index in [1.807, 2.05) is 0 Å². The maximum Gasteiger partial charge on any atom is 0.239 e. The summed E-state index contributed by atoms with van der Waals surface area (Å²) in [7, 11) is 0. The number of amides is 1. The molecule has 0 bridgehead atoms. The minimum absolute atomic E-state index is 0.0266. The molecule has 2 aliphatic heterocycles. The Morgan fingerprint density at radius 1 is 1.19 bits per heavy atom. The Bertz CT molecular complexity index is 1720. The number of anilines is 2. The smallest absolute Gasteiger partial charge is 0.239 e. The van der Waals surface area contributed by atoms with Gasteiger partial charge in [0.15, 0.2) is 28.7 Å². The highest BCUT2D eigenvalue weighted by Crippen LogP contribution is 2.47. The Kier molecular flexibility index (Phi) is 7.40. The number of nitrogens with one attached hydrogen (secondary N) is 1. The quantitative estimate of drug-likeness (QED) is 0.286. The SMILES string of the molecule is C[C@H](Oc1cnc2c(Nc3cc(F)c(F)c([C@]4(C)C[C@](C)(C(=O)N5CCCC5)SC(N)=N4)c3)nccc2n1)c1ncco1. The number of ether oxygens (including phenoxy) is 1. The molecule has 0 saturated carbocycles. The lowest BCUT2D eigenvalue weighted by Crippen LogP contribution is -2.51. The third-order valence-electron chi connectivity index (χ3n) is 7.62. The Labute approximate surface area is 250 Å². The van der Waals surface area contributed by atoms with Crippen molar-refractivity contribution in [3.05, 3.63) is 66.1 Å². The fourth-order valence-corrected chi connectivity index (χ4v) is 6.97. The molecule has 5 heterocycles. The summed E-state index contributed by atoms with van der Waals surface area (Å²) in [6.07, 6.45) is 7.43. The molecule has 0 spiro atoms. The van der Waals surface area contributed by atoms with Crippen molar-refractivity contribution in [2.45, 2.75) is 56.4 Å². The van der Waals surface area contributed by atoms with E-state index in [-0.39, 0.29) is 40.4 Å². The van der Waals surface area contributed by atoms with Crippen molar-refractivity contribution >= 4 is 45.4 Å². The molecule has 3 N–H and O–H groups in total. The summed E-state index contributed by atoms with van der Waals surface area (Å²) < 4.78 is 40.7. The summed E-state index contributed by atoms with van der Waals surface area (Å²) in [6.45, 7) is 6.56. The molecule has 1 amide bonds. The fourth-order valence-electron chi connectivity index (χ4n) is 5.69. The van der Waals surface area contributed by atoms with Crippen LogP contribution in [0.1, 0.15) is 57.6 Å². The molecule has 6 rings (SSSR count). The number of rotatable bonds is 7. The summed E-state index contributed by atoms with van der Waals surface area (Å²) in [4.78, 5) is 37.2. The number of aromatic nitrogens is 4. The van der Waals surface area contributed by atoms with Crippen LogP contribution in [0.3, 0.4) is 0 Å². The number of oxazole rings is 1. The van der Waals surface area contributed by atoms with Gasteiger partial charge in [-0.3, -0.25) is 9.79 Å². The van der Waals surface area contributed by atoms with Crippen LogP contribution < -0.4 is 15.8 Å². The fraction of sp³-hybridized carbons (Fsp3) is 0.379. The van der Waals surface area contributed by atoms with Crippen molar-refractivity contribution in [3.8, 4) is 5.88 Å². The highest BCUT2D eigenvalue weighted by Gasteiger charge is 2.49. The van der Waals surface area contributed by atoms with E-state index >= 15 is 8.78 Å².